The normalized spacial score (nSPS) is 17.5. The number of pyridine rings is 1. The summed E-state index contributed by atoms with van der Waals surface area (Å²) < 4.78 is 10.9. The predicted molar refractivity (Wildman–Crippen MR) is 124 cm³/mol. The van der Waals surface area contributed by atoms with E-state index in [2.05, 4.69) is 4.98 Å². The second kappa shape index (κ2) is 9.16. The van der Waals surface area contributed by atoms with Crippen molar-refractivity contribution < 1.29 is 24.2 Å². The molecule has 4 rings (SSSR count). The van der Waals surface area contributed by atoms with Crippen LogP contribution in [0.3, 0.4) is 0 Å². The van der Waals surface area contributed by atoms with E-state index in [1.165, 1.54) is 4.90 Å². The molecule has 1 amide bonds. The summed E-state index contributed by atoms with van der Waals surface area (Å²) >= 11 is 0. The molecule has 0 aliphatic carbocycles. The monoisotopic (exact) mass is 444 g/mol. The lowest BCUT2D eigenvalue weighted by Crippen LogP contribution is -2.30. The van der Waals surface area contributed by atoms with Gasteiger partial charge in [0.2, 0.25) is 0 Å². The minimum Gasteiger partial charge on any atom is -0.507 e. The SMILES string of the molecule is COc1ccc(C2/C(=C(/O)c3ccc(OC(C)C)cc3)C(=O)C(=O)N2c2ccccn2)cc1. The Morgan fingerprint density at radius 2 is 1.64 bits per heavy atom. The van der Waals surface area contributed by atoms with Gasteiger partial charge in [0, 0.05) is 11.8 Å². The lowest BCUT2D eigenvalue weighted by Gasteiger charge is -2.24. The Hall–Kier alpha value is -4.13. The van der Waals surface area contributed by atoms with Gasteiger partial charge < -0.3 is 14.6 Å². The van der Waals surface area contributed by atoms with Crippen LogP contribution in [-0.4, -0.2) is 35.0 Å². The second-order valence-electron chi connectivity index (χ2n) is 7.82. The lowest BCUT2D eigenvalue weighted by molar-refractivity contribution is -0.132. The molecule has 1 aromatic heterocycles. The number of Topliss-reactive ketones (excluding diaryl/α,β-unsaturated/α-hetero) is 1. The quantitative estimate of drug-likeness (QED) is 0.342. The molecule has 1 atom stereocenters. The summed E-state index contributed by atoms with van der Waals surface area (Å²) in [5.41, 5.74) is 1.04. The Morgan fingerprint density at radius 1 is 0.970 bits per heavy atom. The number of methoxy groups -OCH3 is 1. The highest BCUT2D eigenvalue weighted by Gasteiger charge is 2.47. The Balaban J connectivity index is 1.85. The van der Waals surface area contributed by atoms with Gasteiger partial charge in [-0.1, -0.05) is 18.2 Å². The number of benzene rings is 2. The van der Waals surface area contributed by atoms with Gasteiger partial charge in [-0.2, -0.15) is 0 Å². The third kappa shape index (κ3) is 4.30. The van der Waals surface area contributed by atoms with Gasteiger partial charge in [0.25, 0.3) is 5.78 Å². The Bertz CT molecular complexity index is 1190. The molecule has 2 heterocycles. The molecule has 1 unspecified atom stereocenters. The molecule has 0 spiro atoms. The van der Waals surface area contributed by atoms with Crippen molar-refractivity contribution in [3.8, 4) is 11.5 Å². The first-order valence-corrected chi connectivity index (χ1v) is 10.5. The highest BCUT2D eigenvalue weighted by molar-refractivity contribution is 6.51. The molecule has 1 aliphatic heterocycles. The van der Waals surface area contributed by atoms with Crippen molar-refractivity contribution in [1.82, 2.24) is 4.98 Å². The highest BCUT2D eigenvalue weighted by atomic mass is 16.5. The van der Waals surface area contributed by atoms with Crippen LogP contribution >= 0.6 is 0 Å². The van der Waals surface area contributed by atoms with Gasteiger partial charge in [0.05, 0.1) is 24.8 Å². The third-order valence-corrected chi connectivity index (χ3v) is 5.27. The van der Waals surface area contributed by atoms with Crippen LogP contribution in [0.1, 0.15) is 31.0 Å². The van der Waals surface area contributed by atoms with E-state index in [9.17, 15) is 14.7 Å². The van der Waals surface area contributed by atoms with Crippen LogP contribution in [0.25, 0.3) is 5.76 Å². The zero-order chi connectivity index (χ0) is 23.5. The first kappa shape index (κ1) is 22.1. The number of hydrogen-bond donors (Lipinski definition) is 1. The van der Waals surface area contributed by atoms with Crippen molar-refractivity contribution in [2.75, 3.05) is 12.0 Å². The van der Waals surface area contributed by atoms with Crippen LogP contribution in [0.2, 0.25) is 0 Å². The first-order chi connectivity index (χ1) is 15.9. The summed E-state index contributed by atoms with van der Waals surface area (Å²) in [6, 6.07) is 18.0. The number of aliphatic hydroxyl groups is 1. The number of aliphatic hydroxyl groups excluding tert-OH is 1. The lowest BCUT2D eigenvalue weighted by atomic mass is 9.95. The van der Waals surface area contributed by atoms with Crippen LogP contribution in [0.5, 0.6) is 11.5 Å². The molecule has 1 N–H and O–H groups in total. The first-order valence-electron chi connectivity index (χ1n) is 10.5. The molecule has 3 aromatic rings. The second-order valence-corrected chi connectivity index (χ2v) is 7.82. The van der Waals surface area contributed by atoms with E-state index in [1.807, 2.05) is 13.8 Å². The number of amides is 1. The molecule has 168 valence electrons. The average molecular weight is 444 g/mol. The summed E-state index contributed by atoms with van der Waals surface area (Å²) in [7, 11) is 1.56. The van der Waals surface area contributed by atoms with Crippen LogP contribution < -0.4 is 14.4 Å². The van der Waals surface area contributed by atoms with Gasteiger partial charge in [-0.15, -0.1) is 0 Å². The molecule has 1 fully saturated rings. The molecule has 2 aromatic carbocycles. The summed E-state index contributed by atoms with van der Waals surface area (Å²) in [5, 5.41) is 11.2. The molecular formula is C26H24N2O5. The zero-order valence-electron chi connectivity index (χ0n) is 18.6. The summed E-state index contributed by atoms with van der Waals surface area (Å²) in [4.78, 5) is 31.8. The molecule has 0 saturated carbocycles. The Labute approximate surface area is 191 Å². The minimum atomic E-state index is -0.850. The average Bonchev–Trinajstić information content (AvgIpc) is 3.10. The summed E-state index contributed by atoms with van der Waals surface area (Å²) in [6.45, 7) is 3.84. The number of ether oxygens (including phenoxy) is 2. The maximum Gasteiger partial charge on any atom is 0.301 e. The number of carbonyl (C=O) groups excluding carboxylic acids is 2. The van der Waals surface area contributed by atoms with Gasteiger partial charge in [-0.25, -0.2) is 4.98 Å². The fourth-order valence-electron chi connectivity index (χ4n) is 3.79. The summed E-state index contributed by atoms with van der Waals surface area (Å²) in [6.07, 6.45) is 1.55. The fraction of sp³-hybridized carbons (Fsp3) is 0.192. The predicted octanol–water partition coefficient (Wildman–Crippen LogP) is 4.50. The fourth-order valence-corrected chi connectivity index (χ4v) is 3.79. The van der Waals surface area contributed by atoms with Crippen molar-refractivity contribution >= 4 is 23.3 Å². The van der Waals surface area contributed by atoms with Crippen molar-refractivity contribution in [2.45, 2.75) is 26.0 Å². The zero-order valence-corrected chi connectivity index (χ0v) is 18.6. The molecule has 7 heteroatoms. The molecule has 1 aliphatic rings. The summed E-state index contributed by atoms with van der Waals surface area (Å²) in [5.74, 6) is -0.197. The maximum atomic E-state index is 13.1. The number of nitrogens with zero attached hydrogens (tertiary/aromatic N) is 2. The molecular weight excluding hydrogens is 420 g/mol. The molecule has 1 saturated heterocycles. The van der Waals surface area contributed by atoms with Gasteiger partial charge in [0.1, 0.15) is 23.1 Å². The highest BCUT2D eigenvalue weighted by Crippen LogP contribution is 2.41. The number of rotatable bonds is 6. The van der Waals surface area contributed by atoms with Gasteiger partial charge in [-0.05, 0) is 67.9 Å². The van der Waals surface area contributed by atoms with E-state index < -0.39 is 17.7 Å². The Kier molecular flexibility index (Phi) is 6.13. The van der Waals surface area contributed by atoms with Crippen molar-refractivity contribution in [3.05, 3.63) is 89.6 Å². The number of ketones is 1. The smallest absolute Gasteiger partial charge is 0.301 e. The number of carbonyl (C=O) groups is 2. The van der Waals surface area contributed by atoms with Crippen LogP contribution in [0, 0.1) is 0 Å². The number of aromatic nitrogens is 1. The van der Waals surface area contributed by atoms with E-state index in [1.54, 1.807) is 80.0 Å². The van der Waals surface area contributed by atoms with E-state index in [0.717, 1.165) is 0 Å². The van der Waals surface area contributed by atoms with Crippen LogP contribution in [0.4, 0.5) is 5.82 Å². The Morgan fingerprint density at radius 3 is 2.21 bits per heavy atom. The van der Waals surface area contributed by atoms with Gasteiger partial charge >= 0.3 is 5.91 Å². The van der Waals surface area contributed by atoms with Gasteiger partial charge in [0.15, 0.2) is 0 Å². The minimum absolute atomic E-state index is 0.00298. The van der Waals surface area contributed by atoms with Gasteiger partial charge in [-0.3, -0.25) is 14.5 Å². The number of anilines is 1. The molecule has 0 bridgehead atoms. The molecule has 33 heavy (non-hydrogen) atoms. The van der Waals surface area contributed by atoms with Crippen molar-refractivity contribution in [1.29, 1.82) is 0 Å². The van der Waals surface area contributed by atoms with E-state index >= 15 is 0 Å². The van der Waals surface area contributed by atoms with E-state index in [-0.39, 0.29) is 17.4 Å². The maximum absolute atomic E-state index is 13.1. The molecule has 0 radical (unpaired) electrons. The largest absolute Gasteiger partial charge is 0.507 e. The van der Waals surface area contributed by atoms with E-state index in [0.29, 0.717) is 28.4 Å². The van der Waals surface area contributed by atoms with E-state index in [4.69, 9.17) is 9.47 Å². The van der Waals surface area contributed by atoms with Crippen LogP contribution in [-0.2, 0) is 9.59 Å². The topological polar surface area (TPSA) is 89.0 Å². The van der Waals surface area contributed by atoms with Crippen LogP contribution in [0.15, 0.2) is 78.5 Å². The standard InChI is InChI=1S/C26H24N2O5/c1-16(2)33-20-13-9-18(10-14-20)24(29)22-23(17-7-11-19(32-3)12-8-17)28(26(31)25(22)30)21-6-4-5-15-27-21/h4-16,23,29H,1-3H3/b24-22-. The third-order valence-electron chi connectivity index (χ3n) is 5.27. The van der Waals surface area contributed by atoms with Crippen molar-refractivity contribution in [3.63, 3.8) is 0 Å². The number of hydrogen-bond acceptors (Lipinski definition) is 6. The van der Waals surface area contributed by atoms with Crippen molar-refractivity contribution in [2.24, 2.45) is 0 Å². The molecule has 7 nitrogen and oxygen atoms in total.